The number of aromatic amines is 1. The van der Waals surface area contributed by atoms with Gasteiger partial charge in [-0.05, 0) is 44.1 Å². The van der Waals surface area contributed by atoms with Crippen LogP contribution in [0.3, 0.4) is 0 Å². The number of halogens is 1. The molecular weight excluding hydrogens is 248 g/mol. The summed E-state index contributed by atoms with van der Waals surface area (Å²) in [6.07, 6.45) is 1.00. The first-order chi connectivity index (χ1) is 8.67. The lowest BCUT2D eigenvalue weighted by Crippen LogP contribution is -2.16. The minimum Gasteiger partial charge on any atom is -0.495 e. The van der Waals surface area contributed by atoms with Gasteiger partial charge in [0.15, 0.2) is 0 Å². The third-order valence-corrected chi connectivity index (χ3v) is 3.49. The maximum atomic E-state index is 6.13. The van der Waals surface area contributed by atoms with E-state index in [0.717, 1.165) is 30.8 Å². The number of hydrogen-bond donors (Lipinski definition) is 2. The highest BCUT2D eigenvalue weighted by Gasteiger charge is 2.11. The third kappa shape index (κ3) is 2.47. The molecule has 1 aromatic heterocycles. The highest BCUT2D eigenvalue weighted by atomic mass is 35.5. The summed E-state index contributed by atoms with van der Waals surface area (Å²) >= 11 is 6.13. The summed E-state index contributed by atoms with van der Waals surface area (Å²) in [6, 6.07) is 3.95. The second-order valence-corrected chi connectivity index (χ2v) is 4.77. The average molecular weight is 267 g/mol. The van der Waals surface area contributed by atoms with E-state index in [1.54, 1.807) is 7.11 Å². The van der Waals surface area contributed by atoms with Gasteiger partial charge in [-0.3, -0.25) is 0 Å². The fourth-order valence-electron chi connectivity index (χ4n) is 2.25. The van der Waals surface area contributed by atoms with Crippen LogP contribution >= 0.6 is 11.6 Å². The van der Waals surface area contributed by atoms with Gasteiger partial charge in [0.25, 0.3) is 0 Å². The van der Waals surface area contributed by atoms with Crippen molar-refractivity contribution in [3.63, 3.8) is 0 Å². The average Bonchev–Trinajstić information content (AvgIpc) is 2.64. The molecule has 0 fully saturated rings. The summed E-state index contributed by atoms with van der Waals surface area (Å²) in [5.41, 5.74) is 3.61. The van der Waals surface area contributed by atoms with Crippen molar-refractivity contribution < 1.29 is 4.74 Å². The fraction of sp³-hybridized carbons (Fsp3) is 0.429. The summed E-state index contributed by atoms with van der Waals surface area (Å²) < 4.78 is 5.28. The number of methoxy groups -OCH3 is 1. The van der Waals surface area contributed by atoms with Crippen LogP contribution in [0.2, 0.25) is 5.02 Å². The van der Waals surface area contributed by atoms with Gasteiger partial charge < -0.3 is 15.0 Å². The van der Waals surface area contributed by atoms with Crippen molar-refractivity contribution in [2.75, 3.05) is 20.2 Å². The van der Waals surface area contributed by atoms with Gasteiger partial charge in [-0.1, -0.05) is 18.5 Å². The molecule has 4 heteroatoms. The second-order valence-electron chi connectivity index (χ2n) is 4.36. The zero-order valence-corrected chi connectivity index (χ0v) is 11.8. The lowest BCUT2D eigenvalue weighted by atomic mass is 10.1. The van der Waals surface area contributed by atoms with E-state index in [1.807, 2.05) is 12.1 Å². The Kier molecular flexibility index (Phi) is 4.15. The largest absolute Gasteiger partial charge is 0.495 e. The molecule has 1 aromatic carbocycles. The van der Waals surface area contributed by atoms with Gasteiger partial charge in [-0.25, -0.2) is 0 Å². The van der Waals surface area contributed by atoms with Gasteiger partial charge in [0, 0.05) is 16.6 Å². The predicted molar refractivity (Wildman–Crippen MR) is 76.8 cm³/mol. The third-order valence-electron chi connectivity index (χ3n) is 3.19. The molecule has 0 aliphatic heterocycles. The van der Waals surface area contributed by atoms with Crippen LogP contribution in [0.15, 0.2) is 12.1 Å². The first kappa shape index (κ1) is 13.2. The summed E-state index contributed by atoms with van der Waals surface area (Å²) in [5.74, 6) is 0.730. The molecule has 0 aliphatic carbocycles. The van der Waals surface area contributed by atoms with Crippen molar-refractivity contribution >= 4 is 22.5 Å². The Bertz CT molecular complexity index is 548. The van der Waals surface area contributed by atoms with Gasteiger partial charge in [0.1, 0.15) is 5.75 Å². The quantitative estimate of drug-likeness (QED) is 0.815. The number of H-pyrrole nitrogens is 1. The smallest absolute Gasteiger partial charge is 0.138 e. The van der Waals surface area contributed by atoms with Crippen molar-refractivity contribution in [2.24, 2.45) is 0 Å². The van der Waals surface area contributed by atoms with Crippen molar-refractivity contribution in [3.05, 3.63) is 28.4 Å². The highest BCUT2D eigenvalue weighted by Crippen LogP contribution is 2.32. The van der Waals surface area contributed by atoms with E-state index in [4.69, 9.17) is 16.3 Å². The lowest BCUT2D eigenvalue weighted by molar-refractivity contribution is 0.415. The van der Waals surface area contributed by atoms with Crippen LogP contribution in [-0.4, -0.2) is 25.2 Å². The molecule has 0 unspecified atom stereocenters. The Morgan fingerprint density at radius 1 is 1.39 bits per heavy atom. The van der Waals surface area contributed by atoms with Gasteiger partial charge in [0.2, 0.25) is 0 Å². The zero-order chi connectivity index (χ0) is 13.1. The molecule has 0 saturated heterocycles. The number of benzene rings is 1. The number of aryl methyl sites for hydroxylation is 1. The van der Waals surface area contributed by atoms with Crippen LogP contribution in [0.25, 0.3) is 10.9 Å². The molecule has 2 N–H and O–H groups in total. The van der Waals surface area contributed by atoms with Crippen molar-refractivity contribution in [2.45, 2.75) is 20.3 Å². The van der Waals surface area contributed by atoms with Crippen LogP contribution < -0.4 is 10.1 Å². The van der Waals surface area contributed by atoms with Crippen molar-refractivity contribution in [3.8, 4) is 5.75 Å². The van der Waals surface area contributed by atoms with E-state index in [9.17, 15) is 0 Å². The SMILES string of the molecule is CCNCCc1c(C)[nH]c2cc(Cl)c(OC)cc12. The minimum absolute atomic E-state index is 0.643. The Morgan fingerprint density at radius 3 is 2.83 bits per heavy atom. The molecule has 3 nitrogen and oxygen atoms in total. The molecule has 0 saturated carbocycles. The maximum Gasteiger partial charge on any atom is 0.138 e. The Hall–Kier alpha value is -1.19. The maximum absolute atomic E-state index is 6.13. The summed E-state index contributed by atoms with van der Waals surface area (Å²) in [4.78, 5) is 3.38. The summed E-state index contributed by atoms with van der Waals surface area (Å²) in [6.45, 7) is 6.19. The normalized spacial score (nSPS) is 11.1. The van der Waals surface area contributed by atoms with Crippen LogP contribution in [0.1, 0.15) is 18.2 Å². The Labute approximate surface area is 112 Å². The topological polar surface area (TPSA) is 37.0 Å². The van der Waals surface area contributed by atoms with E-state index in [2.05, 4.69) is 24.1 Å². The lowest BCUT2D eigenvalue weighted by Gasteiger charge is -2.05. The molecule has 0 aliphatic rings. The fourth-order valence-corrected chi connectivity index (χ4v) is 2.50. The zero-order valence-electron chi connectivity index (χ0n) is 11.1. The van der Waals surface area contributed by atoms with Gasteiger partial charge in [-0.15, -0.1) is 0 Å². The van der Waals surface area contributed by atoms with Crippen LogP contribution in [0.4, 0.5) is 0 Å². The molecule has 0 bridgehead atoms. The van der Waals surface area contributed by atoms with E-state index < -0.39 is 0 Å². The number of likely N-dealkylation sites (N-methyl/N-ethyl adjacent to an activating group) is 1. The van der Waals surface area contributed by atoms with Gasteiger partial charge >= 0.3 is 0 Å². The molecule has 0 amide bonds. The molecule has 98 valence electrons. The van der Waals surface area contributed by atoms with Crippen LogP contribution in [0, 0.1) is 6.92 Å². The first-order valence-corrected chi connectivity index (χ1v) is 6.60. The molecule has 0 atom stereocenters. The Morgan fingerprint density at radius 2 is 2.17 bits per heavy atom. The van der Waals surface area contributed by atoms with E-state index >= 15 is 0 Å². The summed E-state index contributed by atoms with van der Waals surface area (Å²) in [5, 5.41) is 5.19. The van der Waals surface area contributed by atoms with Crippen LogP contribution in [0.5, 0.6) is 5.75 Å². The number of nitrogens with one attached hydrogen (secondary N) is 2. The molecule has 0 radical (unpaired) electrons. The molecule has 0 spiro atoms. The second kappa shape index (κ2) is 5.63. The number of aromatic nitrogens is 1. The molecule has 2 rings (SSSR count). The first-order valence-electron chi connectivity index (χ1n) is 6.22. The standard InChI is InChI=1S/C14H19ClN2O/c1-4-16-6-5-10-9(2)17-13-8-12(15)14(18-3)7-11(10)13/h7-8,16-17H,4-6H2,1-3H3. The number of hydrogen-bond acceptors (Lipinski definition) is 2. The monoisotopic (exact) mass is 266 g/mol. The highest BCUT2D eigenvalue weighted by molar-refractivity contribution is 6.32. The molecule has 1 heterocycles. The van der Waals surface area contributed by atoms with E-state index in [1.165, 1.54) is 16.6 Å². The van der Waals surface area contributed by atoms with Gasteiger partial charge in [-0.2, -0.15) is 0 Å². The van der Waals surface area contributed by atoms with Crippen molar-refractivity contribution in [1.29, 1.82) is 0 Å². The molecule has 18 heavy (non-hydrogen) atoms. The number of ether oxygens (including phenoxy) is 1. The van der Waals surface area contributed by atoms with Crippen molar-refractivity contribution in [1.82, 2.24) is 10.3 Å². The number of fused-ring (bicyclic) bond motifs is 1. The minimum atomic E-state index is 0.643. The molecule has 2 aromatic rings. The predicted octanol–water partition coefficient (Wildman–Crippen LogP) is 3.29. The van der Waals surface area contributed by atoms with Gasteiger partial charge in [0.05, 0.1) is 12.1 Å². The molecular formula is C14H19ClN2O. The number of rotatable bonds is 5. The Balaban J connectivity index is 2.41. The summed E-state index contributed by atoms with van der Waals surface area (Å²) in [7, 11) is 1.64. The van der Waals surface area contributed by atoms with Crippen LogP contribution in [-0.2, 0) is 6.42 Å². The van der Waals surface area contributed by atoms with E-state index in [0.29, 0.717) is 5.02 Å². The van der Waals surface area contributed by atoms with E-state index in [-0.39, 0.29) is 0 Å².